The Labute approximate surface area is 214 Å². The van der Waals surface area contributed by atoms with Gasteiger partial charge in [0.15, 0.2) is 0 Å². The molecule has 3 aromatic carbocycles. The number of carbonyl (C=O) groups excluding carboxylic acids is 3. The molecule has 0 radical (unpaired) electrons. The van der Waals surface area contributed by atoms with Gasteiger partial charge in [0.1, 0.15) is 12.1 Å². The lowest BCUT2D eigenvalue weighted by atomic mass is 10.0. The van der Waals surface area contributed by atoms with Crippen LogP contribution < -0.4 is 10.6 Å². The van der Waals surface area contributed by atoms with E-state index in [0.29, 0.717) is 36.5 Å². The van der Waals surface area contributed by atoms with E-state index in [1.165, 1.54) is 12.1 Å². The molecule has 1 saturated heterocycles. The van der Waals surface area contributed by atoms with Crippen LogP contribution in [0.25, 0.3) is 0 Å². The molecule has 1 fully saturated rings. The maximum absolute atomic E-state index is 13.7. The van der Waals surface area contributed by atoms with Crippen LogP contribution in [-0.2, 0) is 16.1 Å². The number of likely N-dealkylation sites (tertiary alicyclic amines) is 1. The maximum Gasteiger partial charge on any atom is 0.252 e. The average molecular weight is 510 g/mol. The van der Waals surface area contributed by atoms with Crippen molar-refractivity contribution in [1.29, 1.82) is 0 Å². The molecule has 4 rings (SSSR count). The second-order valence-electron chi connectivity index (χ2n) is 8.34. The summed E-state index contributed by atoms with van der Waals surface area (Å²) in [7, 11) is 0. The fourth-order valence-corrected chi connectivity index (χ4v) is 4.45. The Morgan fingerprint density at radius 2 is 1.60 bits per heavy atom. The predicted octanol–water partition coefficient (Wildman–Crippen LogP) is 4.77. The average Bonchev–Trinajstić information content (AvgIpc) is 3.38. The number of hydrogen-bond donors (Lipinski definition) is 2. The third-order valence-electron chi connectivity index (χ3n) is 5.99. The van der Waals surface area contributed by atoms with Crippen molar-refractivity contribution in [3.63, 3.8) is 0 Å². The quantitative estimate of drug-likeness (QED) is 0.481. The summed E-state index contributed by atoms with van der Waals surface area (Å²) < 4.78 is 0. The molecule has 8 heteroatoms. The molecule has 2 N–H and O–H groups in total. The van der Waals surface area contributed by atoms with Gasteiger partial charge >= 0.3 is 0 Å². The zero-order valence-electron chi connectivity index (χ0n) is 18.9. The molecule has 1 heterocycles. The number of rotatable bonds is 7. The number of halogens is 2. The number of hydrogen-bond acceptors (Lipinski definition) is 3. The number of nitrogens with one attached hydrogen (secondary N) is 2. The highest BCUT2D eigenvalue weighted by Gasteiger charge is 2.38. The van der Waals surface area contributed by atoms with Crippen LogP contribution in [0.1, 0.15) is 40.4 Å². The van der Waals surface area contributed by atoms with Gasteiger partial charge in [-0.15, -0.1) is 0 Å². The van der Waals surface area contributed by atoms with Gasteiger partial charge in [0.2, 0.25) is 11.8 Å². The van der Waals surface area contributed by atoms with Crippen LogP contribution >= 0.6 is 23.2 Å². The van der Waals surface area contributed by atoms with E-state index < -0.39 is 18.0 Å². The lowest BCUT2D eigenvalue weighted by molar-refractivity contribution is -0.140. The summed E-state index contributed by atoms with van der Waals surface area (Å²) in [6, 6.07) is 21.6. The van der Waals surface area contributed by atoms with Gasteiger partial charge in [-0.05, 0) is 42.2 Å². The van der Waals surface area contributed by atoms with Gasteiger partial charge in [-0.2, -0.15) is 0 Å². The van der Waals surface area contributed by atoms with Gasteiger partial charge in [-0.3, -0.25) is 14.4 Å². The van der Waals surface area contributed by atoms with Crippen molar-refractivity contribution in [1.82, 2.24) is 15.5 Å². The maximum atomic E-state index is 13.7. The Hall–Kier alpha value is -3.35. The van der Waals surface area contributed by atoms with E-state index in [1.807, 2.05) is 36.4 Å². The molecule has 0 spiro atoms. The zero-order valence-corrected chi connectivity index (χ0v) is 20.4. The molecule has 0 saturated carbocycles. The van der Waals surface area contributed by atoms with Crippen molar-refractivity contribution in [2.24, 2.45) is 0 Å². The van der Waals surface area contributed by atoms with Gasteiger partial charge in [0.25, 0.3) is 5.91 Å². The smallest absolute Gasteiger partial charge is 0.252 e. The monoisotopic (exact) mass is 509 g/mol. The molecule has 3 amide bonds. The minimum atomic E-state index is -0.958. The summed E-state index contributed by atoms with van der Waals surface area (Å²) in [5, 5.41) is 6.34. The highest BCUT2D eigenvalue weighted by atomic mass is 35.5. The molecule has 1 aliphatic rings. The minimum absolute atomic E-state index is 0.206. The summed E-state index contributed by atoms with van der Waals surface area (Å²) in [5.74, 6) is -1.00. The van der Waals surface area contributed by atoms with E-state index in [-0.39, 0.29) is 22.4 Å². The molecule has 180 valence electrons. The largest absolute Gasteiger partial charge is 0.350 e. The van der Waals surface area contributed by atoms with Crippen LogP contribution in [0.5, 0.6) is 0 Å². The van der Waals surface area contributed by atoms with Crippen LogP contribution in [0.4, 0.5) is 0 Å². The second-order valence-corrected chi connectivity index (χ2v) is 9.15. The SMILES string of the molecule is O=C(N[C@H](C(=O)N1CCC[C@H]1C(=O)NCc1ccccc1)c1ccccc1)c1ccc(Cl)c(Cl)c1. The Kier molecular flexibility index (Phi) is 8.06. The Morgan fingerprint density at radius 1 is 0.914 bits per heavy atom. The summed E-state index contributed by atoms with van der Waals surface area (Å²) in [6.45, 7) is 0.822. The predicted molar refractivity (Wildman–Crippen MR) is 136 cm³/mol. The summed E-state index contributed by atoms with van der Waals surface area (Å²) >= 11 is 12.0. The van der Waals surface area contributed by atoms with E-state index in [9.17, 15) is 14.4 Å². The Bertz CT molecular complexity index is 1200. The first-order chi connectivity index (χ1) is 16.9. The van der Waals surface area contributed by atoms with Crippen LogP contribution in [0, 0.1) is 0 Å². The van der Waals surface area contributed by atoms with Crippen molar-refractivity contribution < 1.29 is 14.4 Å². The lowest BCUT2D eigenvalue weighted by Gasteiger charge is -2.29. The highest BCUT2D eigenvalue weighted by molar-refractivity contribution is 6.42. The van der Waals surface area contributed by atoms with Crippen molar-refractivity contribution in [2.45, 2.75) is 31.5 Å². The number of amides is 3. The molecule has 6 nitrogen and oxygen atoms in total. The number of nitrogens with zero attached hydrogens (tertiary/aromatic N) is 1. The highest BCUT2D eigenvalue weighted by Crippen LogP contribution is 2.26. The van der Waals surface area contributed by atoms with Crippen molar-refractivity contribution in [2.75, 3.05) is 6.54 Å². The van der Waals surface area contributed by atoms with Crippen molar-refractivity contribution >= 4 is 40.9 Å². The molecule has 0 unspecified atom stereocenters. The lowest BCUT2D eigenvalue weighted by Crippen LogP contribution is -2.50. The van der Waals surface area contributed by atoms with Gasteiger partial charge in [-0.25, -0.2) is 0 Å². The number of carbonyl (C=O) groups is 3. The summed E-state index contributed by atoms with van der Waals surface area (Å²) in [5.41, 5.74) is 1.89. The third kappa shape index (κ3) is 6.02. The standard InChI is InChI=1S/C27H25Cl2N3O3/c28-21-14-13-20(16-22(21)29)25(33)31-24(19-10-5-2-6-11-19)27(35)32-15-7-12-23(32)26(34)30-17-18-8-3-1-4-9-18/h1-6,8-11,13-14,16,23-24H,7,12,15,17H2,(H,30,34)(H,31,33)/t23-,24-/m0/s1. The Balaban J connectivity index is 1.52. The molecular formula is C27H25Cl2N3O3. The minimum Gasteiger partial charge on any atom is -0.350 e. The van der Waals surface area contributed by atoms with E-state index in [0.717, 1.165) is 5.56 Å². The van der Waals surface area contributed by atoms with E-state index >= 15 is 0 Å². The molecule has 2 atom stereocenters. The molecule has 35 heavy (non-hydrogen) atoms. The third-order valence-corrected chi connectivity index (χ3v) is 6.72. The van der Waals surface area contributed by atoms with Crippen molar-refractivity contribution in [3.05, 3.63) is 106 Å². The normalized spacial score (nSPS) is 15.9. The van der Waals surface area contributed by atoms with Crippen LogP contribution in [-0.4, -0.2) is 35.2 Å². The first-order valence-corrected chi connectivity index (χ1v) is 12.1. The molecular weight excluding hydrogens is 485 g/mol. The first-order valence-electron chi connectivity index (χ1n) is 11.4. The van der Waals surface area contributed by atoms with Gasteiger partial charge in [0, 0.05) is 18.7 Å². The van der Waals surface area contributed by atoms with E-state index in [1.54, 1.807) is 35.2 Å². The summed E-state index contributed by atoms with van der Waals surface area (Å²) in [6.07, 6.45) is 1.27. The van der Waals surface area contributed by atoms with Crippen LogP contribution in [0.15, 0.2) is 78.9 Å². The van der Waals surface area contributed by atoms with Gasteiger partial charge < -0.3 is 15.5 Å². The van der Waals surface area contributed by atoms with Gasteiger partial charge in [0.05, 0.1) is 10.0 Å². The number of benzene rings is 3. The van der Waals surface area contributed by atoms with E-state index in [2.05, 4.69) is 10.6 Å². The molecule has 0 bridgehead atoms. The van der Waals surface area contributed by atoms with Crippen LogP contribution in [0.2, 0.25) is 10.0 Å². The van der Waals surface area contributed by atoms with Crippen molar-refractivity contribution in [3.8, 4) is 0 Å². The Morgan fingerprint density at radius 3 is 2.29 bits per heavy atom. The molecule has 1 aliphatic heterocycles. The summed E-state index contributed by atoms with van der Waals surface area (Å²) in [4.78, 5) is 41.3. The molecule has 3 aromatic rings. The second kappa shape index (κ2) is 11.4. The first kappa shape index (κ1) is 24.8. The zero-order chi connectivity index (χ0) is 24.8. The van der Waals surface area contributed by atoms with Gasteiger partial charge in [-0.1, -0.05) is 83.9 Å². The molecule has 0 aliphatic carbocycles. The molecule has 0 aromatic heterocycles. The van der Waals surface area contributed by atoms with Crippen LogP contribution in [0.3, 0.4) is 0 Å². The van der Waals surface area contributed by atoms with E-state index in [4.69, 9.17) is 23.2 Å². The fraction of sp³-hybridized carbons (Fsp3) is 0.222. The fourth-order valence-electron chi connectivity index (χ4n) is 4.16. The topological polar surface area (TPSA) is 78.5 Å².